The number of hydrogen-bond acceptors (Lipinski definition) is 5. The first-order valence-corrected chi connectivity index (χ1v) is 5.52. The summed E-state index contributed by atoms with van der Waals surface area (Å²) in [4.78, 5) is 4.23. The minimum Gasteiger partial charge on any atom is -0.363 e. The molecule has 1 N–H and O–H groups in total. The van der Waals surface area contributed by atoms with E-state index in [1.807, 2.05) is 6.92 Å². The van der Waals surface area contributed by atoms with Crippen LogP contribution in [0.2, 0.25) is 0 Å². The molecule has 16 heavy (non-hydrogen) atoms. The molecule has 1 aromatic heterocycles. The Labute approximate surface area is 100 Å². The molecular weight excluding hydrogens is 230 g/mol. The van der Waals surface area contributed by atoms with Gasteiger partial charge in [-0.25, -0.2) is 0 Å². The molecule has 2 aliphatic rings. The van der Waals surface area contributed by atoms with E-state index in [-0.39, 0.29) is 18.5 Å². The monoisotopic (exact) mass is 245 g/mol. The summed E-state index contributed by atoms with van der Waals surface area (Å²) in [7, 11) is 0. The lowest BCUT2D eigenvalue weighted by atomic mass is 10.00. The zero-order chi connectivity index (χ0) is 10.3. The number of aromatic nitrogens is 2. The average molecular weight is 246 g/mol. The Kier molecular flexibility index (Phi) is 3.47. The Morgan fingerprint density at radius 1 is 1.31 bits per heavy atom. The topological polar surface area (TPSA) is 60.2 Å². The fourth-order valence-corrected chi connectivity index (χ4v) is 2.43. The van der Waals surface area contributed by atoms with Gasteiger partial charge in [-0.2, -0.15) is 4.98 Å². The largest absolute Gasteiger partial charge is 0.363 e. The summed E-state index contributed by atoms with van der Waals surface area (Å²) in [5.41, 5.74) is 0. The van der Waals surface area contributed by atoms with E-state index in [4.69, 9.17) is 9.26 Å². The minimum atomic E-state index is 0. The van der Waals surface area contributed by atoms with Gasteiger partial charge in [0, 0.05) is 6.04 Å². The lowest BCUT2D eigenvalue weighted by Gasteiger charge is -2.30. The van der Waals surface area contributed by atoms with Crippen molar-refractivity contribution in [1.82, 2.24) is 15.5 Å². The summed E-state index contributed by atoms with van der Waals surface area (Å²) < 4.78 is 11.1. The van der Waals surface area contributed by atoms with Crippen molar-refractivity contribution < 1.29 is 9.26 Å². The van der Waals surface area contributed by atoms with Crippen LogP contribution in [-0.2, 0) is 4.74 Å². The summed E-state index contributed by atoms with van der Waals surface area (Å²) in [6.07, 6.45) is 3.53. The van der Waals surface area contributed by atoms with Crippen molar-refractivity contribution in [3.05, 3.63) is 11.7 Å². The first kappa shape index (κ1) is 11.8. The van der Waals surface area contributed by atoms with Crippen LogP contribution in [0, 0.1) is 6.92 Å². The normalized spacial score (nSPS) is 33.2. The third-order valence-corrected chi connectivity index (χ3v) is 3.18. The van der Waals surface area contributed by atoms with Crippen LogP contribution < -0.4 is 5.32 Å². The predicted octanol–water partition coefficient (Wildman–Crippen LogP) is 1.38. The number of rotatable bonds is 1. The van der Waals surface area contributed by atoms with E-state index >= 15 is 0 Å². The van der Waals surface area contributed by atoms with Crippen LogP contribution in [0.25, 0.3) is 0 Å². The van der Waals surface area contributed by atoms with Crippen molar-refractivity contribution in [2.75, 3.05) is 6.54 Å². The molecule has 0 aliphatic carbocycles. The highest BCUT2D eigenvalue weighted by Crippen LogP contribution is 2.33. The van der Waals surface area contributed by atoms with E-state index in [9.17, 15) is 0 Å². The number of fused-ring (bicyclic) bond motifs is 1. The quantitative estimate of drug-likeness (QED) is 0.810. The molecule has 3 rings (SSSR count). The van der Waals surface area contributed by atoms with Crippen LogP contribution in [0.4, 0.5) is 0 Å². The number of hydrogen-bond donors (Lipinski definition) is 1. The van der Waals surface area contributed by atoms with Crippen molar-refractivity contribution >= 4 is 12.4 Å². The molecule has 0 saturated carbocycles. The standard InChI is InChI=1S/C10H15N3O2.ClH/c1-6-12-10(15-13-6)9-3-2-7-8(14-9)4-5-11-7;/h7-9,11H,2-5H2,1H3;1H/t7-,8-,9-;/m1./s1. The van der Waals surface area contributed by atoms with Crippen molar-refractivity contribution in [3.8, 4) is 0 Å². The second kappa shape index (κ2) is 4.69. The smallest absolute Gasteiger partial charge is 0.255 e. The first-order chi connectivity index (χ1) is 7.33. The highest BCUT2D eigenvalue weighted by Gasteiger charge is 2.36. The van der Waals surface area contributed by atoms with E-state index in [2.05, 4.69) is 15.5 Å². The molecule has 90 valence electrons. The molecule has 0 aromatic carbocycles. The molecule has 3 heterocycles. The first-order valence-electron chi connectivity index (χ1n) is 5.52. The van der Waals surface area contributed by atoms with Gasteiger partial charge in [-0.3, -0.25) is 0 Å². The van der Waals surface area contributed by atoms with Crippen LogP contribution in [0.5, 0.6) is 0 Å². The molecule has 0 radical (unpaired) electrons. The van der Waals surface area contributed by atoms with Crippen LogP contribution in [0.3, 0.4) is 0 Å². The lowest BCUT2D eigenvalue weighted by molar-refractivity contribution is -0.0683. The van der Waals surface area contributed by atoms with Crippen LogP contribution >= 0.6 is 12.4 Å². The van der Waals surface area contributed by atoms with E-state index in [1.165, 1.54) is 0 Å². The summed E-state index contributed by atoms with van der Waals surface area (Å²) in [5.74, 6) is 1.32. The zero-order valence-corrected chi connectivity index (χ0v) is 10.00. The predicted molar refractivity (Wildman–Crippen MR) is 59.5 cm³/mol. The molecule has 0 amide bonds. The molecule has 0 bridgehead atoms. The lowest BCUT2D eigenvalue weighted by Crippen LogP contribution is -2.37. The molecule has 2 aliphatic heterocycles. The number of nitrogens with one attached hydrogen (secondary N) is 1. The fourth-order valence-electron chi connectivity index (χ4n) is 2.43. The van der Waals surface area contributed by atoms with Crippen molar-refractivity contribution in [2.24, 2.45) is 0 Å². The van der Waals surface area contributed by atoms with E-state index in [0.717, 1.165) is 25.8 Å². The van der Waals surface area contributed by atoms with Crippen LogP contribution in [0.1, 0.15) is 37.1 Å². The van der Waals surface area contributed by atoms with Gasteiger partial charge in [-0.05, 0) is 32.7 Å². The Bertz CT molecular complexity index is 358. The molecule has 3 atom stereocenters. The number of nitrogens with zero attached hydrogens (tertiary/aromatic N) is 2. The van der Waals surface area contributed by atoms with Crippen LogP contribution in [0.15, 0.2) is 4.52 Å². The summed E-state index contributed by atoms with van der Waals surface area (Å²) in [5, 5.41) is 7.24. The average Bonchev–Trinajstić information content (AvgIpc) is 2.84. The fraction of sp³-hybridized carbons (Fsp3) is 0.800. The van der Waals surface area contributed by atoms with Gasteiger partial charge in [0.05, 0.1) is 6.10 Å². The molecule has 1 aromatic rings. The minimum absolute atomic E-state index is 0. The molecule has 0 unspecified atom stereocenters. The van der Waals surface area contributed by atoms with Gasteiger partial charge >= 0.3 is 0 Å². The summed E-state index contributed by atoms with van der Waals surface area (Å²) in [6.45, 7) is 2.89. The van der Waals surface area contributed by atoms with Gasteiger partial charge < -0.3 is 14.6 Å². The van der Waals surface area contributed by atoms with Gasteiger partial charge in [-0.1, -0.05) is 5.16 Å². The van der Waals surface area contributed by atoms with Gasteiger partial charge in [0.1, 0.15) is 6.10 Å². The van der Waals surface area contributed by atoms with Gasteiger partial charge in [0.15, 0.2) is 5.82 Å². The SMILES string of the molecule is Cc1noc([C@H]2CC[C@H]3NCC[C@H]3O2)n1.Cl. The molecule has 2 fully saturated rings. The Hall–Kier alpha value is -0.650. The molecule has 0 spiro atoms. The zero-order valence-electron chi connectivity index (χ0n) is 9.18. The highest BCUT2D eigenvalue weighted by atomic mass is 35.5. The van der Waals surface area contributed by atoms with Crippen molar-refractivity contribution in [2.45, 2.75) is 44.4 Å². The van der Waals surface area contributed by atoms with Crippen LogP contribution in [-0.4, -0.2) is 28.8 Å². The highest BCUT2D eigenvalue weighted by molar-refractivity contribution is 5.85. The van der Waals surface area contributed by atoms with E-state index in [0.29, 0.717) is 23.9 Å². The van der Waals surface area contributed by atoms with E-state index < -0.39 is 0 Å². The number of aryl methyl sites for hydroxylation is 1. The summed E-state index contributed by atoms with van der Waals surface area (Å²) >= 11 is 0. The Morgan fingerprint density at radius 3 is 2.94 bits per heavy atom. The molecule has 2 saturated heterocycles. The van der Waals surface area contributed by atoms with Gasteiger partial charge in [-0.15, -0.1) is 12.4 Å². The van der Waals surface area contributed by atoms with Gasteiger partial charge in [0.2, 0.25) is 0 Å². The molecular formula is C10H16ClN3O2. The molecule has 5 nitrogen and oxygen atoms in total. The maximum absolute atomic E-state index is 5.95. The molecule has 6 heteroatoms. The summed E-state index contributed by atoms with van der Waals surface area (Å²) in [6, 6.07) is 0.533. The number of halogens is 1. The maximum atomic E-state index is 5.95. The number of ether oxygens (including phenoxy) is 1. The Balaban J connectivity index is 0.000000963. The van der Waals surface area contributed by atoms with Crippen molar-refractivity contribution in [3.63, 3.8) is 0 Å². The maximum Gasteiger partial charge on any atom is 0.255 e. The Morgan fingerprint density at radius 2 is 2.19 bits per heavy atom. The second-order valence-corrected chi connectivity index (χ2v) is 4.27. The third kappa shape index (κ3) is 2.07. The second-order valence-electron chi connectivity index (χ2n) is 4.27. The van der Waals surface area contributed by atoms with Gasteiger partial charge in [0.25, 0.3) is 5.89 Å². The third-order valence-electron chi connectivity index (χ3n) is 3.18. The van der Waals surface area contributed by atoms with Crippen molar-refractivity contribution in [1.29, 1.82) is 0 Å². The van der Waals surface area contributed by atoms with E-state index in [1.54, 1.807) is 0 Å².